The lowest BCUT2D eigenvalue weighted by molar-refractivity contribution is 0.0693. The standard InChI is InChI=1S/C19H23ClF2N4O5S/c1-2-26(8-9-27)7-3-6-23-19(30)24-17-13(18(28)29)16(25-32-17)31-10-11-4-5-12(20)15(22)14(11)21/h4-5,27H,2-3,6-10H2,1H3,(H,28,29)(H2,23,24,30). The van der Waals surface area contributed by atoms with Gasteiger partial charge in [0.15, 0.2) is 17.2 Å². The van der Waals surface area contributed by atoms with Gasteiger partial charge in [-0.1, -0.05) is 24.6 Å². The van der Waals surface area contributed by atoms with Gasteiger partial charge >= 0.3 is 12.0 Å². The van der Waals surface area contributed by atoms with Crippen LogP contribution in [0, 0.1) is 11.6 Å². The second kappa shape index (κ2) is 12.5. The van der Waals surface area contributed by atoms with E-state index in [4.69, 9.17) is 21.4 Å². The number of likely N-dealkylation sites (N-methyl/N-ethyl adjacent to an activating group) is 1. The molecular formula is C19H23ClF2N4O5S. The maximum Gasteiger partial charge on any atom is 0.344 e. The lowest BCUT2D eigenvalue weighted by Gasteiger charge is -2.18. The zero-order valence-corrected chi connectivity index (χ0v) is 18.7. The number of hydrogen-bond donors (Lipinski definition) is 4. The number of nitrogens with one attached hydrogen (secondary N) is 2. The molecule has 0 atom stereocenters. The number of nitrogens with zero attached hydrogens (tertiary/aromatic N) is 2. The monoisotopic (exact) mass is 492 g/mol. The van der Waals surface area contributed by atoms with Gasteiger partial charge in [-0.05, 0) is 37.1 Å². The molecule has 0 bridgehead atoms. The summed E-state index contributed by atoms with van der Waals surface area (Å²) in [6.07, 6.45) is 0.632. The molecule has 0 saturated heterocycles. The number of ether oxygens (including phenoxy) is 1. The van der Waals surface area contributed by atoms with Crippen molar-refractivity contribution in [3.8, 4) is 5.88 Å². The smallest absolute Gasteiger partial charge is 0.344 e. The van der Waals surface area contributed by atoms with E-state index in [2.05, 4.69) is 15.0 Å². The number of hydrogen-bond acceptors (Lipinski definition) is 7. The minimum Gasteiger partial charge on any atom is -0.477 e. The van der Waals surface area contributed by atoms with Crippen LogP contribution in [0.1, 0.15) is 29.3 Å². The molecule has 2 rings (SSSR count). The van der Waals surface area contributed by atoms with Crippen LogP contribution in [-0.4, -0.2) is 64.3 Å². The van der Waals surface area contributed by atoms with E-state index in [1.165, 1.54) is 6.07 Å². The van der Waals surface area contributed by atoms with Crippen molar-refractivity contribution < 1.29 is 33.3 Å². The number of carbonyl (C=O) groups is 2. The van der Waals surface area contributed by atoms with E-state index in [9.17, 15) is 23.5 Å². The van der Waals surface area contributed by atoms with Crippen molar-refractivity contribution in [3.05, 3.63) is 39.9 Å². The van der Waals surface area contributed by atoms with E-state index in [1.807, 2.05) is 11.8 Å². The minimum absolute atomic E-state index is 0.0507. The Kier molecular flexibility index (Phi) is 10.0. The van der Waals surface area contributed by atoms with Crippen LogP contribution >= 0.6 is 23.1 Å². The molecule has 2 aromatic rings. The second-order valence-corrected chi connectivity index (χ2v) is 7.69. The average Bonchev–Trinajstić information content (AvgIpc) is 3.16. The van der Waals surface area contributed by atoms with Crippen LogP contribution in [0.2, 0.25) is 5.02 Å². The number of carboxylic acid groups (broad SMARTS) is 1. The third-order valence-electron chi connectivity index (χ3n) is 4.38. The van der Waals surface area contributed by atoms with Crippen LogP contribution < -0.4 is 15.4 Å². The van der Waals surface area contributed by atoms with Gasteiger partial charge < -0.3 is 25.2 Å². The Morgan fingerprint density at radius 2 is 2.03 bits per heavy atom. The third-order valence-corrected chi connectivity index (χ3v) is 5.42. The molecule has 176 valence electrons. The van der Waals surface area contributed by atoms with Gasteiger partial charge in [-0.2, -0.15) is 4.37 Å². The van der Waals surface area contributed by atoms with Crippen LogP contribution in [0.4, 0.5) is 18.6 Å². The van der Waals surface area contributed by atoms with Gasteiger partial charge in [0.05, 0.1) is 11.6 Å². The molecular weight excluding hydrogens is 470 g/mol. The van der Waals surface area contributed by atoms with Crippen LogP contribution in [0.5, 0.6) is 5.88 Å². The Morgan fingerprint density at radius 3 is 2.69 bits per heavy atom. The molecule has 0 unspecified atom stereocenters. The molecule has 32 heavy (non-hydrogen) atoms. The third kappa shape index (κ3) is 6.99. The number of aliphatic hydroxyl groups is 1. The van der Waals surface area contributed by atoms with Crippen molar-refractivity contribution in [2.24, 2.45) is 0 Å². The fourth-order valence-electron chi connectivity index (χ4n) is 2.69. The number of halogens is 3. The van der Waals surface area contributed by atoms with Gasteiger partial charge in [0.2, 0.25) is 5.88 Å². The maximum atomic E-state index is 13.9. The number of aromatic nitrogens is 1. The fraction of sp³-hybridized carbons (Fsp3) is 0.421. The number of amides is 2. The van der Waals surface area contributed by atoms with E-state index in [0.717, 1.165) is 12.6 Å². The van der Waals surface area contributed by atoms with Crippen LogP contribution in [0.3, 0.4) is 0 Å². The fourth-order valence-corrected chi connectivity index (χ4v) is 3.56. The summed E-state index contributed by atoms with van der Waals surface area (Å²) < 4.78 is 36.6. The SMILES string of the molecule is CCN(CCO)CCCNC(=O)Nc1snc(OCc2ccc(Cl)c(F)c2F)c1C(=O)O. The predicted molar refractivity (Wildman–Crippen MR) is 116 cm³/mol. The van der Waals surface area contributed by atoms with Gasteiger partial charge in [0, 0.05) is 18.7 Å². The lowest BCUT2D eigenvalue weighted by atomic mass is 10.2. The highest BCUT2D eigenvalue weighted by Crippen LogP contribution is 2.31. The largest absolute Gasteiger partial charge is 0.477 e. The molecule has 0 aliphatic carbocycles. The van der Waals surface area contributed by atoms with E-state index < -0.39 is 35.8 Å². The summed E-state index contributed by atoms with van der Waals surface area (Å²) in [5.74, 6) is -4.19. The maximum absolute atomic E-state index is 13.9. The van der Waals surface area contributed by atoms with E-state index >= 15 is 0 Å². The summed E-state index contributed by atoms with van der Waals surface area (Å²) in [7, 11) is 0. The highest BCUT2D eigenvalue weighted by Gasteiger charge is 2.24. The number of urea groups is 1. The van der Waals surface area contributed by atoms with Crippen molar-refractivity contribution in [1.82, 2.24) is 14.6 Å². The van der Waals surface area contributed by atoms with Crippen LogP contribution in [-0.2, 0) is 6.61 Å². The van der Waals surface area contributed by atoms with Gasteiger partial charge in [-0.15, -0.1) is 0 Å². The number of carboxylic acids is 1. The first-order valence-electron chi connectivity index (χ1n) is 9.64. The number of anilines is 1. The van der Waals surface area contributed by atoms with Crippen molar-refractivity contribution in [2.75, 3.05) is 38.1 Å². The summed E-state index contributed by atoms with van der Waals surface area (Å²) in [5, 5.41) is 23.0. The Bertz CT molecular complexity index is 947. The summed E-state index contributed by atoms with van der Waals surface area (Å²) in [4.78, 5) is 25.7. The first-order chi connectivity index (χ1) is 15.3. The van der Waals surface area contributed by atoms with Crippen LogP contribution in [0.25, 0.3) is 0 Å². The molecule has 0 fully saturated rings. The first kappa shape index (κ1) is 25.7. The summed E-state index contributed by atoms with van der Waals surface area (Å²) in [5.41, 5.74) is -0.578. The van der Waals surface area contributed by atoms with Gasteiger partial charge in [0.25, 0.3) is 0 Å². The van der Waals surface area contributed by atoms with Crippen LogP contribution in [0.15, 0.2) is 12.1 Å². The molecule has 0 aliphatic rings. The number of benzene rings is 1. The molecule has 13 heteroatoms. The lowest BCUT2D eigenvalue weighted by Crippen LogP contribution is -2.33. The quantitative estimate of drug-likeness (QED) is 0.265. The second-order valence-electron chi connectivity index (χ2n) is 6.51. The molecule has 0 spiro atoms. The molecule has 9 nitrogen and oxygen atoms in total. The Balaban J connectivity index is 1.95. The Hall–Kier alpha value is -2.54. The Labute approximate surface area is 192 Å². The normalized spacial score (nSPS) is 10.9. The van der Waals surface area contributed by atoms with E-state index in [0.29, 0.717) is 37.6 Å². The molecule has 0 aliphatic heterocycles. The number of aliphatic hydroxyl groups excluding tert-OH is 1. The van der Waals surface area contributed by atoms with Gasteiger partial charge in [-0.25, -0.2) is 18.4 Å². The number of carbonyl (C=O) groups excluding carboxylic acids is 1. The van der Waals surface area contributed by atoms with E-state index in [-0.39, 0.29) is 28.1 Å². The molecule has 1 aromatic carbocycles. The molecule has 1 aromatic heterocycles. The summed E-state index contributed by atoms with van der Waals surface area (Å²) >= 11 is 6.18. The Morgan fingerprint density at radius 1 is 1.28 bits per heavy atom. The highest BCUT2D eigenvalue weighted by atomic mass is 35.5. The summed E-state index contributed by atoms with van der Waals surface area (Å²) in [6, 6.07) is 1.73. The minimum atomic E-state index is -1.41. The first-order valence-corrected chi connectivity index (χ1v) is 10.8. The predicted octanol–water partition coefficient (Wildman–Crippen LogP) is 3.18. The highest BCUT2D eigenvalue weighted by molar-refractivity contribution is 7.11. The molecule has 4 N–H and O–H groups in total. The van der Waals surface area contributed by atoms with Gasteiger partial charge in [-0.3, -0.25) is 5.32 Å². The topological polar surface area (TPSA) is 124 Å². The van der Waals surface area contributed by atoms with Crippen molar-refractivity contribution in [2.45, 2.75) is 20.0 Å². The molecule has 1 heterocycles. The summed E-state index contributed by atoms with van der Waals surface area (Å²) in [6.45, 7) is 3.85. The van der Waals surface area contributed by atoms with Crippen molar-refractivity contribution >= 4 is 40.1 Å². The van der Waals surface area contributed by atoms with Crippen molar-refractivity contribution in [3.63, 3.8) is 0 Å². The molecule has 0 radical (unpaired) electrons. The zero-order chi connectivity index (χ0) is 23.7. The molecule has 2 amide bonds. The van der Waals surface area contributed by atoms with E-state index in [1.54, 1.807) is 0 Å². The molecule has 0 saturated carbocycles. The average molecular weight is 493 g/mol. The zero-order valence-electron chi connectivity index (χ0n) is 17.2. The number of aromatic carboxylic acids is 1. The van der Waals surface area contributed by atoms with Gasteiger partial charge in [0.1, 0.15) is 11.6 Å². The number of rotatable bonds is 12. The van der Waals surface area contributed by atoms with Crippen molar-refractivity contribution in [1.29, 1.82) is 0 Å².